The van der Waals surface area contributed by atoms with Gasteiger partial charge in [0, 0.05) is 29.0 Å². The van der Waals surface area contributed by atoms with Crippen molar-refractivity contribution in [1.82, 2.24) is 19.9 Å². The largest absolute Gasteiger partial charge is 0.361 e. The summed E-state index contributed by atoms with van der Waals surface area (Å²) in [6, 6.07) is 14.6. The number of rotatable bonds is 5. The van der Waals surface area contributed by atoms with E-state index in [2.05, 4.69) is 49.8 Å². The van der Waals surface area contributed by atoms with Gasteiger partial charge in [0.1, 0.15) is 11.8 Å². The van der Waals surface area contributed by atoms with Crippen molar-refractivity contribution in [2.24, 2.45) is 0 Å². The molecule has 1 aromatic carbocycles. The molecule has 0 bridgehead atoms. The number of aromatic nitrogens is 3. The summed E-state index contributed by atoms with van der Waals surface area (Å²) in [5.41, 5.74) is 4.94. The van der Waals surface area contributed by atoms with Crippen LogP contribution in [-0.2, 0) is 6.54 Å². The number of thiazole rings is 1. The molecule has 1 aliphatic heterocycles. The Hall–Kier alpha value is -3.21. The molecule has 4 heterocycles. The van der Waals surface area contributed by atoms with Crippen LogP contribution in [0.2, 0.25) is 0 Å². The topological polar surface area (TPSA) is 80.6 Å². The number of hydrogen-bond donors (Lipinski definition) is 2. The van der Waals surface area contributed by atoms with Crippen molar-refractivity contribution in [2.75, 3.05) is 11.9 Å². The van der Waals surface area contributed by atoms with Crippen LogP contribution in [0.1, 0.15) is 42.3 Å². The zero-order valence-corrected chi connectivity index (χ0v) is 17.3. The fourth-order valence-corrected chi connectivity index (χ4v) is 4.95. The third kappa shape index (κ3) is 3.80. The SMILES string of the molecule is N#Cc1ccc(Nc2nc(C3CCCCN3Cc3cccc4[nH]ccc34)cs2)cn1. The van der Waals surface area contributed by atoms with Crippen LogP contribution in [0.3, 0.4) is 0 Å². The summed E-state index contributed by atoms with van der Waals surface area (Å²) in [4.78, 5) is 14.9. The van der Waals surface area contributed by atoms with Crippen molar-refractivity contribution < 1.29 is 0 Å². The maximum absolute atomic E-state index is 8.89. The molecule has 0 saturated carbocycles. The van der Waals surface area contributed by atoms with Gasteiger partial charge in [-0.2, -0.15) is 5.26 Å². The van der Waals surface area contributed by atoms with E-state index in [-0.39, 0.29) is 0 Å². The molecule has 6 nitrogen and oxygen atoms in total. The van der Waals surface area contributed by atoms with E-state index in [4.69, 9.17) is 10.2 Å². The minimum Gasteiger partial charge on any atom is -0.361 e. The average Bonchev–Trinajstić information content (AvgIpc) is 3.45. The monoisotopic (exact) mass is 414 g/mol. The number of benzene rings is 1. The molecule has 0 radical (unpaired) electrons. The molecule has 0 spiro atoms. The molecule has 2 N–H and O–H groups in total. The lowest BCUT2D eigenvalue weighted by Gasteiger charge is -2.35. The number of nitrogens with one attached hydrogen (secondary N) is 2. The Labute approximate surface area is 179 Å². The summed E-state index contributed by atoms with van der Waals surface area (Å²) in [7, 11) is 0. The van der Waals surface area contributed by atoms with Crippen LogP contribution >= 0.6 is 11.3 Å². The molecule has 30 heavy (non-hydrogen) atoms. The Balaban J connectivity index is 1.34. The van der Waals surface area contributed by atoms with Crippen molar-refractivity contribution in [3.8, 4) is 6.07 Å². The van der Waals surface area contributed by atoms with E-state index in [0.29, 0.717) is 11.7 Å². The van der Waals surface area contributed by atoms with Gasteiger partial charge in [0.25, 0.3) is 0 Å². The maximum atomic E-state index is 8.89. The van der Waals surface area contributed by atoms with Crippen LogP contribution in [0.15, 0.2) is 54.2 Å². The third-order valence-electron chi connectivity index (χ3n) is 5.67. The van der Waals surface area contributed by atoms with Gasteiger partial charge in [-0.3, -0.25) is 4.90 Å². The molecule has 3 aromatic heterocycles. The summed E-state index contributed by atoms with van der Waals surface area (Å²) in [5.74, 6) is 0. The van der Waals surface area contributed by atoms with Gasteiger partial charge in [-0.25, -0.2) is 9.97 Å². The fraction of sp³-hybridized carbons (Fsp3) is 0.261. The molecular weight excluding hydrogens is 392 g/mol. The number of aromatic amines is 1. The molecule has 1 atom stereocenters. The highest BCUT2D eigenvalue weighted by Gasteiger charge is 2.26. The molecule has 1 unspecified atom stereocenters. The van der Waals surface area contributed by atoms with Crippen LogP contribution in [0, 0.1) is 11.3 Å². The van der Waals surface area contributed by atoms with Crippen molar-refractivity contribution in [3.05, 3.63) is 71.1 Å². The maximum Gasteiger partial charge on any atom is 0.187 e. The minimum atomic E-state index is 0.332. The minimum absolute atomic E-state index is 0.332. The quantitative estimate of drug-likeness (QED) is 0.459. The number of likely N-dealkylation sites (tertiary alicyclic amines) is 1. The Morgan fingerprint density at radius 3 is 3.07 bits per heavy atom. The molecule has 0 aliphatic carbocycles. The lowest BCUT2D eigenvalue weighted by Crippen LogP contribution is -2.33. The number of fused-ring (bicyclic) bond motifs is 1. The van der Waals surface area contributed by atoms with E-state index in [1.54, 1.807) is 23.6 Å². The number of piperidine rings is 1. The van der Waals surface area contributed by atoms with Gasteiger partial charge in [-0.15, -0.1) is 11.3 Å². The van der Waals surface area contributed by atoms with Crippen LogP contribution in [0.25, 0.3) is 10.9 Å². The third-order valence-corrected chi connectivity index (χ3v) is 6.44. The molecule has 1 fully saturated rings. The van der Waals surface area contributed by atoms with Gasteiger partial charge in [0.05, 0.1) is 23.6 Å². The highest BCUT2D eigenvalue weighted by molar-refractivity contribution is 7.13. The zero-order chi connectivity index (χ0) is 20.3. The second-order valence-corrected chi connectivity index (χ2v) is 8.44. The van der Waals surface area contributed by atoms with Gasteiger partial charge in [-0.05, 0) is 49.2 Å². The predicted molar refractivity (Wildman–Crippen MR) is 120 cm³/mol. The van der Waals surface area contributed by atoms with E-state index in [1.165, 1.54) is 29.3 Å². The van der Waals surface area contributed by atoms with Crippen molar-refractivity contribution >= 4 is 33.1 Å². The highest BCUT2D eigenvalue weighted by Crippen LogP contribution is 2.35. The first-order valence-corrected chi connectivity index (χ1v) is 11.1. The second kappa shape index (κ2) is 8.27. The molecule has 1 saturated heterocycles. The number of pyridine rings is 1. The van der Waals surface area contributed by atoms with Crippen LogP contribution in [-0.4, -0.2) is 26.4 Å². The van der Waals surface area contributed by atoms with Gasteiger partial charge in [-0.1, -0.05) is 18.6 Å². The summed E-state index contributed by atoms with van der Waals surface area (Å²) >= 11 is 1.61. The summed E-state index contributed by atoms with van der Waals surface area (Å²) < 4.78 is 0. The molecule has 150 valence electrons. The first-order valence-electron chi connectivity index (χ1n) is 10.2. The number of hydrogen-bond acceptors (Lipinski definition) is 6. The predicted octanol–water partition coefficient (Wildman–Crippen LogP) is 5.36. The Morgan fingerprint density at radius 1 is 1.23 bits per heavy atom. The number of nitriles is 1. The van der Waals surface area contributed by atoms with Crippen molar-refractivity contribution in [2.45, 2.75) is 31.8 Å². The first kappa shape index (κ1) is 18.8. The van der Waals surface area contributed by atoms with Crippen molar-refractivity contribution in [3.63, 3.8) is 0 Å². The molecule has 4 aromatic rings. The van der Waals surface area contributed by atoms with E-state index in [9.17, 15) is 0 Å². The molecular formula is C23H22N6S. The smallest absolute Gasteiger partial charge is 0.187 e. The van der Waals surface area contributed by atoms with Gasteiger partial charge in [0.15, 0.2) is 5.13 Å². The average molecular weight is 415 g/mol. The lowest BCUT2D eigenvalue weighted by atomic mass is 9.98. The normalized spacial score (nSPS) is 17.1. The second-order valence-electron chi connectivity index (χ2n) is 7.58. The Kier molecular flexibility index (Phi) is 5.18. The van der Waals surface area contributed by atoms with E-state index >= 15 is 0 Å². The highest BCUT2D eigenvalue weighted by atomic mass is 32.1. The number of anilines is 2. The van der Waals surface area contributed by atoms with E-state index in [0.717, 1.165) is 36.0 Å². The number of H-pyrrole nitrogens is 1. The van der Waals surface area contributed by atoms with Gasteiger partial charge < -0.3 is 10.3 Å². The molecule has 5 rings (SSSR count). The zero-order valence-electron chi connectivity index (χ0n) is 16.5. The Morgan fingerprint density at radius 2 is 2.20 bits per heavy atom. The van der Waals surface area contributed by atoms with Gasteiger partial charge in [0.2, 0.25) is 0 Å². The number of nitrogens with zero attached hydrogens (tertiary/aromatic N) is 4. The Bertz CT molecular complexity index is 1190. The van der Waals surface area contributed by atoms with Crippen LogP contribution < -0.4 is 5.32 Å². The standard InChI is InChI=1S/C23H22N6S/c24-12-17-7-8-18(13-26-17)27-23-28-21(15-30-23)22-6-1-2-11-29(22)14-16-4-3-5-20-19(16)9-10-25-20/h3-5,7-10,13,15,22,25H,1-2,6,11,14H2,(H,27,28). The summed E-state index contributed by atoms with van der Waals surface area (Å²) in [6.07, 6.45) is 7.27. The van der Waals surface area contributed by atoms with E-state index < -0.39 is 0 Å². The molecule has 7 heteroatoms. The fourth-order valence-electron chi connectivity index (χ4n) is 4.18. The molecule has 1 aliphatic rings. The van der Waals surface area contributed by atoms with Gasteiger partial charge >= 0.3 is 0 Å². The summed E-state index contributed by atoms with van der Waals surface area (Å²) in [5, 5.41) is 16.5. The van der Waals surface area contributed by atoms with E-state index in [1.807, 2.05) is 18.3 Å². The van der Waals surface area contributed by atoms with Crippen LogP contribution in [0.5, 0.6) is 0 Å². The molecule has 0 amide bonds. The van der Waals surface area contributed by atoms with Crippen LogP contribution in [0.4, 0.5) is 10.8 Å². The summed E-state index contributed by atoms with van der Waals surface area (Å²) in [6.45, 7) is 2.02. The first-order chi connectivity index (χ1) is 14.8. The van der Waals surface area contributed by atoms with Crippen molar-refractivity contribution in [1.29, 1.82) is 5.26 Å². The lowest BCUT2D eigenvalue weighted by molar-refractivity contribution is 0.138.